The number of hydrogen-bond acceptors (Lipinski definition) is 12. The Labute approximate surface area is 363 Å². The van der Waals surface area contributed by atoms with Crippen LogP contribution in [-0.4, -0.2) is 92.0 Å². The average Bonchev–Trinajstić information content (AvgIpc) is 3.58. The van der Waals surface area contributed by atoms with E-state index in [1.54, 1.807) is 37.3 Å². The second kappa shape index (κ2) is 22.7. The van der Waals surface area contributed by atoms with E-state index in [9.17, 15) is 28.8 Å². The molecule has 0 aliphatic carbocycles. The van der Waals surface area contributed by atoms with Crippen molar-refractivity contribution in [1.29, 1.82) is 0 Å². The number of ketones is 1. The third-order valence-electron chi connectivity index (χ3n) is 11.2. The number of hydrogen-bond donors (Lipinski definition) is 0. The minimum atomic E-state index is -0.794. The van der Waals surface area contributed by atoms with Crippen LogP contribution in [0.4, 0.5) is 0 Å². The number of methoxy groups -OCH3 is 2. The Bertz CT molecular complexity index is 2110. The molecular weight excluding hydrogens is 797 g/mol. The van der Waals surface area contributed by atoms with Gasteiger partial charge in [0.2, 0.25) is 5.91 Å². The van der Waals surface area contributed by atoms with Crippen LogP contribution < -0.4 is 14.2 Å². The maximum Gasteiger partial charge on any atom is 0.335 e. The Kier molecular flexibility index (Phi) is 17.2. The summed E-state index contributed by atoms with van der Waals surface area (Å²) in [6, 6.07) is 16.5. The molecule has 0 spiro atoms. The lowest BCUT2D eigenvalue weighted by atomic mass is 9.91. The number of ether oxygens (including phenoxy) is 5. The molecule has 3 aromatic rings. The number of piperidine rings is 1. The van der Waals surface area contributed by atoms with Gasteiger partial charge >= 0.3 is 11.9 Å². The van der Waals surface area contributed by atoms with Gasteiger partial charge in [-0.25, -0.2) is 9.59 Å². The van der Waals surface area contributed by atoms with E-state index in [1.807, 2.05) is 32.0 Å². The zero-order valence-electron chi connectivity index (χ0n) is 36.6. The first kappa shape index (κ1) is 47.0. The van der Waals surface area contributed by atoms with Crippen LogP contribution in [-0.2, 0) is 49.5 Å². The predicted octanol–water partition coefficient (Wildman–Crippen LogP) is 6.94. The highest BCUT2D eigenvalue weighted by Gasteiger charge is 2.38. The Morgan fingerprint density at radius 3 is 2.31 bits per heavy atom. The molecule has 1 fully saturated rings. The molecule has 332 valence electrons. The van der Waals surface area contributed by atoms with E-state index in [4.69, 9.17) is 28.5 Å². The van der Waals surface area contributed by atoms with Gasteiger partial charge in [-0.15, -0.1) is 0 Å². The molecule has 0 aromatic heterocycles. The quantitative estimate of drug-likeness (QED) is 0.0582. The van der Waals surface area contributed by atoms with Crippen molar-refractivity contribution in [3.05, 3.63) is 100 Å². The van der Waals surface area contributed by atoms with E-state index in [2.05, 4.69) is 32.0 Å². The Balaban J connectivity index is 1.21. The molecule has 14 heteroatoms. The summed E-state index contributed by atoms with van der Waals surface area (Å²) >= 11 is 0. The van der Waals surface area contributed by atoms with E-state index in [1.165, 1.54) is 11.1 Å². The molecule has 3 aromatic carbocycles. The molecule has 0 saturated carbocycles. The first-order valence-electron chi connectivity index (χ1n) is 21.2. The second-order valence-electron chi connectivity index (χ2n) is 15.6. The van der Waals surface area contributed by atoms with Gasteiger partial charge in [-0.1, -0.05) is 48.4 Å². The number of esters is 1. The Morgan fingerprint density at radius 1 is 0.823 bits per heavy atom. The van der Waals surface area contributed by atoms with Crippen molar-refractivity contribution in [2.24, 2.45) is 0 Å². The third kappa shape index (κ3) is 12.5. The number of aryl methyl sites for hydroxylation is 4. The molecule has 2 aliphatic rings. The largest absolute Gasteiger partial charge is 0.493 e. The first-order valence-corrected chi connectivity index (χ1v) is 21.2. The van der Waals surface area contributed by atoms with Gasteiger partial charge in [0, 0.05) is 31.7 Å². The summed E-state index contributed by atoms with van der Waals surface area (Å²) in [5.41, 5.74) is 5.81. The van der Waals surface area contributed by atoms with Crippen LogP contribution in [0.15, 0.2) is 66.7 Å². The maximum absolute atomic E-state index is 14.4. The predicted molar refractivity (Wildman–Crippen MR) is 228 cm³/mol. The third-order valence-corrected chi connectivity index (χ3v) is 11.2. The topological polar surface area (TPSA) is 164 Å². The molecule has 0 N–H and O–H groups in total. The van der Waals surface area contributed by atoms with Gasteiger partial charge in [0.25, 0.3) is 11.8 Å². The molecular formula is C48H58N2O12. The number of hydroxylamine groups is 2. The monoisotopic (exact) mass is 854 g/mol. The second-order valence-corrected chi connectivity index (χ2v) is 15.6. The van der Waals surface area contributed by atoms with Gasteiger partial charge in [-0.2, -0.15) is 0 Å². The van der Waals surface area contributed by atoms with Gasteiger partial charge in [0.15, 0.2) is 17.3 Å². The molecule has 3 amide bonds. The summed E-state index contributed by atoms with van der Waals surface area (Å²) in [4.78, 5) is 82.9. The smallest absolute Gasteiger partial charge is 0.335 e. The van der Waals surface area contributed by atoms with E-state index in [0.29, 0.717) is 66.5 Å². The molecule has 14 nitrogen and oxygen atoms in total. The van der Waals surface area contributed by atoms with Crippen LogP contribution in [0, 0.1) is 20.8 Å². The van der Waals surface area contributed by atoms with Crippen LogP contribution >= 0.6 is 0 Å². The Hall–Kier alpha value is -6.02. The van der Waals surface area contributed by atoms with Gasteiger partial charge < -0.3 is 33.4 Å². The fourth-order valence-corrected chi connectivity index (χ4v) is 7.64. The van der Waals surface area contributed by atoms with Crippen molar-refractivity contribution < 1.29 is 57.3 Å². The van der Waals surface area contributed by atoms with E-state index < -0.39 is 41.8 Å². The van der Waals surface area contributed by atoms with Crippen LogP contribution in [0.25, 0.3) is 0 Å². The average molecular weight is 855 g/mol. The van der Waals surface area contributed by atoms with Crippen molar-refractivity contribution in [2.45, 2.75) is 104 Å². The minimum absolute atomic E-state index is 0.0113. The molecule has 0 unspecified atom stereocenters. The number of nitrogens with zero attached hydrogens (tertiary/aromatic N) is 2. The van der Waals surface area contributed by atoms with E-state index >= 15 is 0 Å². The molecule has 2 heterocycles. The summed E-state index contributed by atoms with van der Waals surface area (Å²) in [7, 11) is 3.15. The lowest BCUT2D eigenvalue weighted by Gasteiger charge is -2.37. The van der Waals surface area contributed by atoms with E-state index in [0.717, 1.165) is 41.7 Å². The summed E-state index contributed by atoms with van der Waals surface area (Å²) in [6.45, 7) is 8.44. The summed E-state index contributed by atoms with van der Waals surface area (Å²) < 4.78 is 28.9. The Morgan fingerprint density at radius 2 is 1.60 bits per heavy atom. The number of rotatable bonds is 22. The highest BCUT2D eigenvalue weighted by Crippen LogP contribution is 2.37. The zero-order valence-corrected chi connectivity index (χ0v) is 36.6. The van der Waals surface area contributed by atoms with Crippen LogP contribution in [0.3, 0.4) is 0 Å². The van der Waals surface area contributed by atoms with Crippen molar-refractivity contribution in [1.82, 2.24) is 9.96 Å². The highest BCUT2D eigenvalue weighted by molar-refractivity contribution is 6.12. The molecule has 5 rings (SSSR count). The maximum atomic E-state index is 14.4. The lowest BCUT2D eigenvalue weighted by molar-refractivity contribution is -0.196. The van der Waals surface area contributed by atoms with Crippen molar-refractivity contribution >= 4 is 35.4 Å². The number of carbonyl (C=O) groups is 6. The molecule has 0 bridgehead atoms. The lowest BCUT2D eigenvalue weighted by Crippen LogP contribution is -2.50. The standard InChI is InChI=1S/C48H58N2O12/c1-7-39(36-27-33(4)46(58-6)42(29-36)57-5)47(55)49-23-9-8-15-40(49)48(56)61-41(19-18-34-17-16-31(2)32(3)26-34)35-12-10-14-38(28-35)60-30-37(51)13-11-24-59-25-22-45(54)62-50-43(52)20-21-44(50)53/h10,12,14,16-17,20-21,26-29,39-41H,7-9,11,13,15,18-19,22-25,30H2,1-6H3/t39-,40-,41+/m0/s1. The summed E-state index contributed by atoms with van der Waals surface area (Å²) in [6.07, 6.45) is 5.40. The molecule has 62 heavy (non-hydrogen) atoms. The van der Waals surface area contributed by atoms with Gasteiger partial charge in [-0.05, 0) is 117 Å². The number of Topliss-reactive ketones (excluding diaryl/α,β-unsaturated/α-hetero) is 1. The van der Waals surface area contributed by atoms with Crippen LogP contribution in [0.5, 0.6) is 17.2 Å². The number of amides is 3. The summed E-state index contributed by atoms with van der Waals surface area (Å²) in [5, 5.41) is 0.385. The fraction of sp³-hybridized carbons (Fsp3) is 0.458. The number of carbonyl (C=O) groups excluding carboxylic acids is 6. The number of benzene rings is 3. The van der Waals surface area contributed by atoms with Crippen molar-refractivity contribution in [3.8, 4) is 17.2 Å². The highest BCUT2D eigenvalue weighted by atomic mass is 16.7. The van der Waals surface area contributed by atoms with Gasteiger partial charge in [0.05, 0.1) is 33.2 Å². The zero-order chi connectivity index (χ0) is 44.8. The van der Waals surface area contributed by atoms with Crippen LogP contribution in [0.2, 0.25) is 0 Å². The van der Waals surface area contributed by atoms with Crippen LogP contribution in [0.1, 0.15) is 104 Å². The fourth-order valence-electron chi connectivity index (χ4n) is 7.64. The van der Waals surface area contributed by atoms with Crippen molar-refractivity contribution in [2.75, 3.05) is 40.6 Å². The van der Waals surface area contributed by atoms with Gasteiger partial charge in [-0.3, -0.25) is 19.2 Å². The number of imide groups is 1. The summed E-state index contributed by atoms with van der Waals surface area (Å²) in [5.74, 6) is -1.91. The molecule has 2 aliphatic heterocycles. The molecule has 0 radical (unpaired) electrons. The van der Waals surface area contributed by atoms with Crippen molar-refractivity contribution in [3.63, 3.8) is 0 Å². The molecule has 3 atom stereocenters. The molecule has 1 saturated heterocycles. The minimum Gasteiger partial charge on any atom is -0.493 e. The SMILES string of the molecule is CC[C@H](C(=O)N1CCCC[C@H]1C(=O)O[C@H](CCc1ccc(C)c(C)c1)c1cccc(OCC(=O)CCCOCCC(=O)ON2C(=O)C=CC2=O)c1)c1cc(C)c(OC)c(OC)c1. The van der Waals surface area contributed by atoms with Gasteiger partial charge in [0.1, 0.15) is 24.5 Å². The number of likely N-dealkylation sites (tertiary alicyclic amines) is 1. The first-order chi connectivity index (χ1) is 29.8. The normalized spacial score (nSPS) is 15.9. The van der Waals surface area contributed by atoms with E-state index in [-0.39, 0.29) is 44.4 Å².